The first-order valence-electron chi connectivity index (χ1n) is 7.00. The second-order valence-electron chi connectivity index (χ2n) is 5.35. The first kappa shape index (κ1) is 15.8. The number of amides is 1. The number of aryl methyl sites for hydroxylation is 1. The molecule has 114 valence electrons. The maximum absolute atomic E-state index is 12.1. The first-order valence-corrected chi connectivity index (χ1v) is 7.38. The molecule has 5 nitrogen and oxygen atoms in total. The predicted octanol–water partition coefficient (Wildman–Crippen LogP) is 2.53. The summed E-state index contributed by atoms with van der Waals surface area (Å²) >= 11 is 6.07. The molecule has 21 heavy (non-hydrogen) atoms. The molecule has 1 fully saturated rings. The smallest absolute Gasteiger partial charge is 0.320 e. The Labute approximate surface area is 128 Å². The summed E-state index contributed by atoms with van der Waals surface area (Å²) in [7, 11) is 0. The van der Waals surface area contributed by atoms with Crippen molar-refractivity contribution in [3.8, 4) is 0 Å². The summed E-state index contributed by atoms with van der Waals surface area (Å²) in [6, 6.07) is 4.82. The largest absolute Gasteiger partial charge is 0.480 e. The Morgan fingerprint density at radius 2 is 2.19 bits per heavy atom. The average molecular weight is 311 g/mol. The van der Waals surface area contributed by atoms with Gasteiger partial charge in [-0.05, 0) is 44.0 Å². The van der Waals surface area contributed by atoms with E-state index in [1.807, 2.05) is 13.0 Å². The van der Waals surface area contributed by atoms with Gasteiger partial charge in [0.1, 0.15) is 6.04 Å². The third-order valence-electron chi connectivity index (χ3n) is 3.64. The summed E-state index contributed by atoms with van der Waals surface area (Å²) in [5, 5.41) is 12.4. The van der Waals surface area contributed by atoms with Gasteiger partial charge in [-0.25, -0.2) is 0 Å². The number of aliphatic carboxylic acids is 1. The molecule has 1 aliphatic rings. The maximum atomic E-state index is 12.1. The molecule has 1 saturated heterocycles. The molecular weight excluding hydrogens is 292 g/mol. The molecule has 0 saturated carbocycles. The quantitative estimate of drug-likeness (QED) is 0.896. The Balaban J connectivity index is 1.98. The van der Waals surface area contributed by atoms with E-state index in [2.05, 4.69) is 5.32 Å². The van der Waals surface area contributed by atoms with Gasteiger partial charge in [-0.15, -0.1) is 0 Å². The summed E-state index contributed by atoms with van der Waals surface area (Å²) in [5.74, 6) is -1.11. The van der Waals surface area contributed by atoms with Gasteiger partial charge in [0.05, 0.1) is 17.3 Å². The summed E-state index contributed by atoms with van der Waals surface area (Å²) in [6.07, 6.45) is 2.40. The summed E-state index contributed by atoms with van der Waals surface area (Å²) in [5.41, 5.74) is 1.57. The van der Waals surface area contributed by atoms with Gasteiger partial charge in [-0.1, -0.05) is 24.1 Å². The van der Waals surface area contributed by atoms with Crippen LogP contribution in [0.25, 0.3) is 0 Å². The number of likely N-dealkylation sites (tertiary alicyclic amines) is 1. The molecule has 2 rings (SSSR count). The number of carboxylic acids is 1. The van der Waals surface area contributed by atoms with Crippen molar-refractivity contribution in [2.45, 2.75) is 32.2 Å². The molecule has 6 heteroatoms. The molecule has 1 aromatic rings. The Morgan fingerprint density at radius 3 is 2.86 bits per heavy atom. The number of carbonyl (C=O) groups is 2. The topological polar surface area (TPSA) is 69.6 Å². The highest BCUT2D eigenvalue weighted by molar-refractivity contribution is 6.33. The second kappa shape index (κ2) is 6.91. The van der Waals surface area contributed by atoms with Crippen LogP contribution >= 0.6 is 11.6 Å². The third-order valence-corrected chi connectivity index (χ3v) is 3.96. The van der Waals surface area contributed by atoms with E-state index in [0.717, 1.165) is 18.4 Å². The number of halogens is 1. The van der Waals surface area contributed by atoms with Crippen LogP contribution in [0.3, 0.4) is 0 Å². The van der Waals surface area contributed by atoms with Gasteiger partial charge in [0.15, 0.2) is 0 Å². The van der Waals surface area contributed by atoms with Crippen LogP contribution < -0.4 is 5.32 Å². The fourth-order valence-electron chi connectivity index (χ4n) is 2.56. The van der Waals surface area contributed by atoms with Gasteiger partial charge in [-0.3, -0.25) is 14.5 Å². The van der Waals surface area contributed by atoms with Gasteiger partial charge < -0.3 is 10.4 Å². The van der Waals surface area contributed by atoms with Gasteiger partial charge in [0.25, 0.3) is 0 Å². The van der Waals surface area contributed by atoms with Gasteiger partial charge in [0, 0.05) is 0 Å². The van der Waals surface area contributed by atoms with Gasteiger partial charge >= 0.3 is 5.97 Å². The molecule has 1 amide bonds. The Hall–Kier alpha value is -1.59. The van der Waals surface area contributed by atoms with Crippen LogP contribution in [0.2, 0.25) is 5.02 Å². The number of carboxylic acid groups (broad SMARTS) is 1. The lowest BCUT2D eigenvalue weighted by Gasteiger charge is -2.32. The van der Waals surface area contributed by atoms with Crippen LogP contribution in [0.5, 0.6) is 0 Å². The zero-order valence-electron chi connectivity index (χ0n) is 11.9. The Morgan fingerprint density at radius 1 is 1.43 bits per heavy atom. The summed E-state index contributed by atoms with van der Waals surface area (Å²) in [4.78, 5) is 25.0. The fraction of sp³-hybridized carbons (Fsp3) is 0.467. The van der Waals surface area contributed by atoms with Gasteiger partial charge in [-0.2, -0.15) is 0 Å². The predicted molar refractivity (Wildman–Crippen MR) is 81.7 cm³/mol. The van der Waals surface area contributed by atoms with Crippen LogP contribution in [0.4, 0.5) is 5.69 Å². The highest BCUT2D eigenvalue weighted by Gasteiger charge is 2.29. The minimum Gasteiger partial charge on any atom is -0.480 e. The molecule has 2 N–H and O–H groups in total. The fourth-order valence-corrected chi connectivity index (χ4v) is 2.84. The number of hydrogen-bond acceptors (Lipinski definition) is 3. The van der Waals surface area contributed by atoms with E-state index in [-0.39, 0.29) is 12.5 Å². The molecule has 1 heterocycles. The number of piperidine rings is 1. The Bertz CT molecular complexity index is 548. The zero-order valence-corrected chi connectivity index (χ0v) is 12.7. The SMILES string of the molecule is Cc1ccc(NC(=O)CN2CCCCC2C(=O)O)c(Cl)c1. The molecule has 0 aromatic heterocycles. The van der Waals surface area contributed by atoms with Crippen molar-refractivity contribution >= 4 is 29.2 Å². The van der Waals surface area contributed by atoms with Crippen molar-refractivity contribution in [2.24, 2.45) is 0 Å². The van der Waals surface area contributed by atoms with E-state index in [9.17, 15) is 14.7 Å². The first-order chi connectivity index (χ1) is 9.97. The molecule has 0 bridgehead atoms. The highest BCUT2D eigenvalue weighted by Crippen LogP contribution is 2.23. The summed E-state index contributed by atoms with van der Waals surface area (Å²) in [6.45, 7) is 2.62. The highest BCUT2D eigenvalue weighted by atomic mass is 35.5. The number of hydrogen-bond donors (Lipinski definition) is 2. The van der Waals surface area contributed by atoms with Crippen LogP contribution in [-0.4, -0.2) is 41.0 Å². The molecule has 0 aliphatic carbocycles. The number of anilines is 1. The number of nitrogens with zero attached hydrogens (tertiary/aromatic N) is 1. The molecule has 1 aliphatic heterocycles. The lowest BCUT2D eigenvalue weighted by Crippen LogP contribution is -2.47. The van der Waals surface area contributed by atoms with Crippen molar-refractivity contribution in [3.63, 3.8) is 0 Å². The van der Waals surface area contributed by atoms with Crippen molar-refractivity contribution < 1.29 is 14.7 Å². The molecule has 0 spiro atoms. The van der Waals surface area contributed by atoms with E-state index in [4.69, 9.17) is 11.6 Å². The van der Waals surface area contributed by atoms with Crippen LogP contribution in [0, 0.1) is 6.92 Å². The normalized spacial score (nSPS) is 19.2. The minimum absolute atomic E-state index is 0.0706. The van der Waals surface area contributed by atoms with E-state index < -0.39 is 12.0 Å². The zero-order chi connectivity index (χ0) is 15.4. The van der Waals surface area contributed by atoms with E-state index in [0.29, 0.717) is 23.7 Å². The summed E-state index contributed by atoms with van der Waals surface area (Å²) < 4.78 is 0. The number of carbonyl (C=O) groups excluding carboxylic acids is 1. The second-order valence-corrected chi connectivity index (χ2v) is 5.76. The maximum Gasteiger partial charge on any atom is 0.320 e. The lowest BCUT2D eigenvalue weighted by molar-refractivity contribution is -0.145. The number of benzene rings is 1. The number of rotatable bonds is 4. The van der Waals surface area contributed by atoms with E-state index in [1.54, 1.807) is 17.0 Å². The number of nitrogens with one attached hydrogen (secondary N) is 1. The van der Waals surface area contributed by atoms with Crippen LogP contribution in [0.15, 0.2) is 18.2 Å². The molecular formula is C15H19ClN2O3. The van der Waals surface area contributed by atoms with Crippen LogP contribution in [-0.2, 0) is 9.59 Å². The standard InChI is InChI=1S/C15H19ClN2O3/c1-10-5-6-12(11(16)8-10)17-14(19)9-18-7-3-2-4-13(18)15(20)21/h5-6,8,13H,2-4,7,9H2,1H3,(H,17,19)(H,20,21). The third kappa shape index (κ3) is 4.19. The molecule has 1 atom stereocenters. The van der Waals surface area contributed by atoms with Crippen LogP contribution in [0.1, 0.15) is 24.8 Å². The molecule has 0 radical (unpaired) electrons. The lowest BCUT2D eigenvalue weighted by atomic mass is 10.0. The Kier molecular flexibility index (Phi) is 5.20. The van der Waals surface area contributed by atoms with Gasteiger partial charge in [0.2, 0.25) is 5.91 Å². The van der Waals surface area contributed by atoms with Crippen molar-refractivity contribution in [1.82, 2.24) is 4.90 Å². The molecule has 1 aromatic carbocycles. The molecule has 1 unspecified atom stereocenters. The van der Waals surface area contributed by atoms with Crippen molar-refractivity contribution in [3.05, 3.63) is 28.8 Å². The average Bonchev–Trinajstić information content (AvgIpc) is 2.42. The van der Waals surface area contributed by atoms with E-state index in [1.165, 1.54) is 0 Å². The van der Waals surface area contributed by atoms with Crippen molar-refractivity contribution in [1.29, 1.82) is 0 Å². The minimum atomic E-state index is -0.865. The monoisotopic (exact) mass is 310 g/mol. The van der Waals surface area contributed by atoms with E-state index >= 15 is 0 Å². The van der Waals surface area contributed by atoms with Crippen molar-refractivity contribution in [2.75, 3.05) is 18.4 Å².